The number of carbonyl (C=O) groups excluding carboxylic acids is 2. The van der Waals surface area contributed by atoms with Crippen LogP contribution in [-0.2, 0) is 17.6 Å². The summed E-state index contributed by atoms with van der Waals surface area (Å²) in [5.74, 6) is 2.42. The molecule has 26 heavy (non-hydrogen) atoms. The van der Waals surface area contributed by atoms with E-state index in [9.17, 15) is 9.59 Å². The molecule has 0 atom stereocenters. The Labute approximate surface area is 153 Å². The second kappa shape index (κ2) is 7.09. The fraction of sp³-hybridized carbons (Fsp3) is 0.667. The molecule has 140 valence electrons. The molecule has 3 heterocycles. The smallest absolute Gasteiger partial charge is 0.317 e. The van der Waals surface area contributed by atoms with Crippen LogP contribution >= 0.6 is 0 Å². The van der Waals surface area contributed by atoms with Gasteiger partial charge in [0.25, 0.3) is 0 Å². The Kier molecular flexibility index (Phi) is 4.65. The standard InChI is InChI=1S/C18H26N6O2/c1-12(25)23-8-4-14-15(5-9-23)21-16(13-2-3-13)22-17(14)19-6-10-24-11-7-20-18(24)26/h13H,2-11H2,1H3,(H,20,26)(H,19,21,22). The summed E-state index contributed by atoms with van der Waals surface area (Å²) in [6.45, 7) is 5.84. The Morgan fingerprint density at radius 1 is 1.23 bits per heavy atom. The van der Waals surface area contributed by atoms with Crippen LogP contribution in [0.4, 0.5) is 10.6 Å². The third kappa shape index (κ3) is 3.59. The van der Waals surface area contributed by atoms with E-state index < -0.39 is 0 Å². The van der Waals surface area contributed by atoms with Gasteiger partial charge in [-0.1, -0.05) is 0 Å². The van der Waals surface area contributed by atoms with Crippen LogP contribution in [0.2, 0.25) is 0 Å². The molecule has 2 aliphatic heterocycles. The van der Waals surface area contributed by atoms with Crippen LogP contribution < -0.4 is 10.6 Å². The molecule has 2 fully saturated rings. The number of rotatable bonds is 5. The Morgan fingerprint density at radius 3 is 2.73 bits per heavy atom. The number of carbonyl (C=O) groups is 2. The number of nitrogens with one attached hydrogen (secondary N) is 2. The Balaban J connectivity index is 1.50. The van der Waals surface area contributed by atoms with Crippen molar-refractivity contribution in [2.24, 2.45) is 0 Å². The van der Waals surface area contributed by atoms with Crippen LogP contribution in [-0.4, -0.2) is 71.0 Å². The molecule has 1 aromatic heterocycles. The van der Waals surface area contributed by atoms with Crippen molar-refractivity contribution in [2.75, 3.05) is 44.6 Å². The summed E-state index contributed by atoms with van der Waals surface area (Å²) in [6, 6.07) is 0.00378. The summed E-state index contributed by atoms with van der Waals surface area (Å²) in [5, 5.41) is 6.26. The first-order chi connectivity index (χ1) is 12.6. The fourth-order valence-electron chi connectivity index (χ4n) is 3.64. The highest BCUT2D eigenvalue weighted by atomic mass is 16.2. The maximum atomic E-state index is 11.8. The van der Waals surface area contributed by atoms with E-state index in [1.54, 1.807) is 6.92 Å². The number of amides is 3. The highest BCUT2D eigenvalue weighted by Gasteiger charge is 2.30. The first kappa shape index (κ1) is 17.1. The van der Waals surface area contributed by atoms with Crippen molar-refractivity contribution in [3.05, 3.63) is 17.1 Å². The van der Waals surface area contributed by atoms with Gasteiger partial charge in [-0.25, -0.2) is 14.8 Å². The van der Waals surface area contributed by atoms with E-state index in [0.717, 1.165) is 61.7 Å². The minimum Gasteiger partial charge on any atom is -0.368 e. The molecule has 0 unspecified atom stereocenters. The second-order valence-corrected chi connectivity index (χ2v) is 7.28. The first-order valence-electron chi connectivity index (χ1n) is 9.53. The molecular weight excluding hydrogens is 332 g/mol. The van der Waals surface area contributed by atoms with Crippen molar-refractivity contribution in [3.63, 3.8) is 0 Å². The highest BCUT2D eigenvalue weighted by Crippen LogP contribution is 2.39. The minimum absolute atomic E-state index is 0.00378. The van der Waals surface area contributed by atoms with Crippen LogP contribution in [0, 0.1) is 0 Å². The van der Waals surface area contributed by atoms with Crippen molar-refractivity contribution < 1.29 is 9.59 Å². The average Bonchev–Trinajstić information content (AvgIpc) is 3.41. The van der Waals surface area contributed by atoms with E-state index in [4.69, 9.17) is 9.97 Å². The van der Waals surface area contributed by atoms with Gasteiger partial charge in [0.05, 0.1) is 5.69 Å². The van der Waals surface area contributed by atoms with Gasteiger partial charge in [-0.15, -0.1) is 0 Å². The van der Waals surface area contributed by atoms with Gasteiger partial charge in [0.1, 0.15) is 11.6 Å². The summed E-state index contributed by atoms with van der Waals surface area (Å²) in [7, 11) is 0. The number of fused-ring (bicyclic) bond motifs is 1. The molecule has 3 aliphatic rings. The molecule has 1 saturated carbocycles. The maximum absolute atomic E-state index is 11.8. The zero-order valence-corrected chi connectivity index (χ0v) is 15.3. The highest BCUT2D eigenvalue weighted by molar-refractivity contribution is 5.76. The van der Waals surface area contributed by atoms with Gasteiger partial charge in [-0.05, 0) is 19.3 Å². The quantitative estimate of drug-likeness (QED) is 0.810. The second-order valence-electron chi connectivity index (χ2n) is 7.28. The molecule has 0 bridgehead atoms. The van der Waals surface area contributed by atoms with Crippen molar-refractivity contribution in [3.8, 4) is 0 Å². The summed E-state index contributed by atoms with van der Waals surface area (Å²) in [6.07, 6.45) is 3.87. The zero-order chi connectivity index (χ0) is 18.1. The van der Waals surface area contributed by atoms with Crippen molar-refractivity contribution in [2.45, 2.75) is 38.5 Å². The molecule has 1 aliphatic carbocycles. The molecule has 8 nitrogen and oxygen atoms in total. The molecule has 3 amide bonds. The van der Waals surface area contributed by atoms with Gasteiger partial charge in [-0.2, -0.15) is 0 Å². The molecule has 8 heteroatoms. The molecule has 1 aromatic rings. The molecular formula is C18H26N6O2. The number of nitrogens with zero attached hydrogens (tertiary/aromatic N) is 4. The number of urea groups is 1. The van der Waals surface area contributed by atoms with E-state index in [1.807, 2.05) is 9.80 Å². The predicted octanol–water partition coefficient (Wildman–Crippen LogP) is 0.738. The lowest BCUT2D eigenvalue weighted by Crippen LogP contribution is -2.32. The van der Waals surface area contributed by atoms with Crippen LogP contribution in [0.1, 0.15) is 42.8 Å². The van der Waals surface area contributed by atoms with E-state index in [0.29, 0.717) is 32.1 Å². The fourth-order valence-corrected chi connectivity index (χ4v) is 3.64. The Hall–Kier alpha value is -2.38. The van der Waals surface area contributed by atoms with Crippen molar-refractivity contribution >= 4 is 17.8 Å². The van der Waals surface area contributed by atoms with E-state index in [1.165, 1.54) is 0 Å². The summed E-state index contributed by atoms with van der Waals surface area (Å²) < 4.78 is 0. The third-order valence-corrected chi connectivity index (χ3v) is 5.37. The normalized spacial score (nSPS) is 19.8. The molecule has 0 aromatic carbocycles. The van der Waals surface area contributed by atoms with Gasteiger partial charge in [0, 0.05) is 64.1 Å². The van der Waals surface area contributed by atoms with E-state index >= 15 is 0 Å². The number of anilines is 1. The molecule has 0 radical (unpaired) electrons. The van der Waals surface area contributed by atoms with E-state index in [2.05, 4.69) is 10.6 Å². The van der Waals surface area contributed by atoms with Crippen LogP contribution in [0.15, 0.2) is 0 Å². The molecule has 0 spiro atoms. The number of hydrogen-bond donors (Lipinski definition) is 2. The van der Waals surface area contributed by atoms with E-state index in [-0.39, 0.29) is 11.9 Å². The third-order valence-electron chi connectivity index (χ3n) is 5.37. The number of aromatic nitrogens is 2. The van der Waals surface area contributed by atoms with Crippen molar-refractivity contribution in [1.29, 1.82) is 0 Å². The van der Waals surface area contributed by atoms with Gasteiger partial charge < -0.3 is 20.4 Å². The molecule has 4 rings (SSSR count). The van der Waals surface area contributed by atoms with Gasteiger partial charge in [0.15, 0.2) is 0 Å². The van der Waals surface area contributed by atoms with Crippen molar-refractivity contribution in [1.82, 2.24) is 25.1 Å². The lowest BCUT2D eigenvalue weighted by atomic mass is 10.1. The maximum Gasteiger partial charge on any atom is 0.317 e. The van der Waals surface area contributed by atoms with Gasteiger partial charge in [0.2, 0.25) is 5.91 Å². The van der Waals surface area contributed by atoms with Gasteiger partial charge >= 0.3 is 6.03 Å². The average molecular weight is 358 g/mol. The first-order valence-corrected chi connectivity index (χ1v) is 9.53. The lowest BCUT2D eigenvalue weighted by molar-refractivity contribution is -0.128. The Morgan fingerprint density at radius 2 is 2.04 bits per heavy atom. The SMILES string of the molecule is CC(=O)N1CCc2nc(C3CC3)nc(NCCN3CCNC3=O)c2CC1. The van der Waals surface area contributed by atoms with Crippen LogP contribution in [0.25, 0.3) is 0 Å². The topological polar surface area (TPSA) is 90.5 Å². The molecule has 1 saturated heterocycles. The molecule has 2 N–H and O–H groups in total. The van der Waals surface area contributed by atoms with Crippen LogP contribution in [0.5, 0.6) is 0 Å². The number of hydrogen-bond acceptors (Lipinski definition) is 5. The zero-order valence-electron chi connectivity index (χ0n) is 15.3. The van der Waals surface area contributed by atoms with Crippen LogP contribution in [0.3, 0.4) is 0 Å². The van der Waals surface area contributed by atoms with Gasteiger partial charge in [-0.3, -0.25) is 4.79 Å². The summed E-state index contributed by atoms with van der Waals surface area (Å²) in [4.78, 5) is 36.7. The summed E-state index contributed by atoms with van der Waals surface area (Å²) in [5.41, 5.74) is 2.20. The monoisotopic (exact) mass is 358 g/mol. The Bertz CT molecular complexity index is 718. The predicted molar refractivity (Wildman–Crippen MR) is 97.1 cm³/mol. The minimum atomic E-state index is 0.00378. The lowest BCUT2D eigenvalue weighted by Gasteiger charge is -2.18. The summed E-state index contributed by atoms with van der Waals surface area (Å²) >= 11 is 0. The largest absolute Gasteiger partial charge is 0.368 e.